The number of halogens is 38. The van der Waals surface area contributed by atoms with E-state index < -0.39 is 129 Å². The lowest BCUT2D eigenvalue weighted by Gasteiger charge is -2.39. The van der Waals surface area contributed by atoms with Crippen LogP contribution in [-0.2, 0) is 33.2 Å². The van der Waals surface area contributed by atoms with Crippen molar-refractivity contribution in [1.29, 1.82) is 0 Å². The van der Waals surface area contributed by atoms with Crippen LogP contribution in [0.3, 0.4) is 0 Å². The van der Waals surface area contributed by atoms with E-state index >= 15 is 0 Å². The summed E-state index contributed by atoms with van der Waals surface area (Å²) in [5.41, 5.74) is 0. The molecule has 0 rings (SSSR count). The van der Waals surface area contributed by atoms with Gasteiger partial charge in [0.15, 0.2) is 6.61 Å². The zero-order valence-corrected chi connectivity index (χ0v) is 33.8. The molecule has 0 bridgehead atoms. The van der Waals surface area contributed by atoms with E-state index in [1.165, 1.54) is 0 Å². The highest BCUT2D eigenvalue weighted by Gasteiger charge is 2.89. The summed E-state index contributed by atoms with van der Waals surface area (Å²) in [5.74, 6) is -40.0. The molecule has 0 saturated carbocycles. The average molecular weight is 1200 g/mol. The van der Waals surface area contributed by atoms with Crippen LogP contribution in [0.15, 0.2) is 64.2 Å². The first-order valence-electron chi connectivity index (χ1n) is 15.6. The van der Waals surface area contributed by atoms with E-state index in [4.69, 9.17) is 0 Å². The fourth-order valence-electron chi connectivity index (χ4n) is 2.66. The first-order valence-corrected chi connectivity index (χ1v) is 15.6. The molecule has 444 valence electrons. The second-order valence-electron chi connectivity index (χ2n) is 11.1. The van der Waals surface area contributed by atoms with E-state index in [1.807, 2.05) is 4.74 Å². The highest BCUT2D eigenvalue weighted by molar-refractivity contribution is 5.05. The fraction of sp³-hybridized carbons (Fsp3) is 0.655. The molecular formula is C29H20F38O7. The number of alkyl halides is 38. The van der Waals surface area contributed by atoms with E-state index in [1.54, 1.807) is 0 Å². The molecular weight excluding hydrogens is 1180 g/mol. The third kappa shape index (κ3) is 19.0. The van der Waals surface area contributed by atoms with Gasteiger partial charge in [0, 0.05) is 7.11 Å². The normalized spacial score (nSPS) is 15.6. The van der Waals surface area contributed by atoms with Gasteiger partial charge in [0.2, 0.25) is 0 Å². The molecule has 0 saturated heterocycles. The maximum Gasteiger partial charge on any atom is 0.498 e. The van der Waals surface area contributed by atoms with Gasteiger partial charge in [0.1, 0.15) is 0 Å². The molecule has 45 heteroatoms. The first kappa shape index (κ1) is 77.9. The number of rotatable bonds is 17. The summed E-state index contributed by atoms with van der Waals surface area (Å²) in [6.45, 7) is 11.1. The van der Waals surface area contributed by atoms with E-state index in [-0.39, 0.29) is 12.5 Å². The summed E-state index contributed by atoms with van der Waals surface area (Å²) in [6, 6.07) is 0. The highest BCUT2D eigenvalue weighted by atomic mass is 19.5. The summed E-state index contributed by atoms with van der Waals surface area (Å²) in [7, 11) is -0.406. The maximum atomic E-state index is 13.5. The Morgan fingerprint density at radius 1 is 0.284 bits per heavy atom. The van der Waals surface area contributed by atoms with Crippen LogP contribution >= 0.6 is 0 Å². The highest BCUT2D eigenvalue weighted by Crippen LogP contribution is 2.58. The first-order chi connectivity index (χ1) is 31.8. The van der Waals surface area contributed by atoms with Crippen LogP contribution in [0.5, 0.6) is 0 Å². The lowest BCUT2D eigenvalue weighted by Crippen LogP contribution is -2.68. The Morgan fingerprint density at radius 2 is 0.554 bits per heavy atom. The molecule has 0 aliphatic heterocycles. The molecule has 0 N–H and O–H groups in total. The molecule has 0 aromatic heterocycles. The van der Waals surface area contributed by atoms with Gasteiger partial charge in [-0.15, -0.1) is 0 Å². The van der Waals surface area contributed by atoms with Crippen molar-refractivity contribution < 1.29 is 200 Å². The Hall–Kier alpha value is -5.04. The van der Waals surface area contributed by atoms with Crippen LogP contribution in [0, 0.1) is 0 Å². The van der Waals surface area contributed by atoms with Gasteiger partial charge in [-0.3, -0.25) is 4.74 Å². The molecule has 0 aliphatic carbocycles. The quantitative estimate of drug-likeness (QED) is 0.106. The predicted octanol–water partition coefficient (Wildman–Crippen LogP) is 15.6. The Balaban J connectivity index is -0.000000283. The van der Waals surface area contributed by atoms with E-state index in [9.17, 15) is 167 Å². The van der Waals surface area contributed by atoms with Crippen molar-refractivity contribution in [1.82, 2.24) is 0 Å². The third-order valence-corrected chi connectivity index (χ3v) is 5.93. The minimum absolute atomic E-state index is 0.0352. The molecule has 0 spiro atoms. The van der Waals surface area contributed by atoms with Gasteiger partial charge in [-0.25, -0.2) is 0 Å². The van der Waals surface area contributed by atoms with E-state index in [0.29, 0.717) is 0 Å². The Morgan fingerprint density at radius 3 is 0.716 bits per heavy atom. The second kappa shape index (κ2) is 25.2. The van der Waals surface area contributed by atoms with Gasteiger partial charge >= 0.3 is 103 Å². The SMILES string of the molecule is C=COC(F)(C(F)(F)C(F)(F)F)C(F)(F)C(F)(F)F.C=COC(F)(C(F)(F)F)C(F)(F)F.C=COC(F)(F)C(F)(F)F.C=COC(F)(F)C(F)(OC(F)(F)C(F)(OC)C(F)(F)F)C(F)(F)F.C=COCC(F)(F)F. The molecule has 2 unspecified atom stereocenters. The summed E-state index contributed by atoms with van der Waals surface area (Å²) >= 11 is 0. The van der Waals surface area contributed by atoms with Crippen molar-refractivity contribution in [3.63, 3.8) is 0 Å². The van der Waals surface area contributed by atoms with Gasteiger partial charge < -0.3 is 28.4 Å². The fourth-order valence-corrected chi connectivity index (χ4v) is 2.66. The van der Waals surface area contributed by atoms with Gasteiger partial charge in [-0.1, -0.05) is 32.9 Å². The largest absolute Gasteiger partial charge is 0.498 e. The summed E-state index contributed by atoms with van der Waals surface area (Å²) in [6.07, 6.45) is -69.5. The topological polar surface area (TPSA) is 64.6 Å². The van der Waals surface area contributed by atoms with Crippen LogP contribution in [0.2, 0.25) is 0 Å². The van der Waals surface area contributed by atoms with Crippen molar-refractivity contribution in [3.8, 4) is 0 Å². The van der Waals surface area contributed by atoms with Gasteiger partial charge in [-0.2, -0.15) is 167 Å². The molecule has 0 aromatic carbocycles. The molecule has 74 heavy (non-hydrogen) atoms. The monoisotopic (exact) mass is 1200 g/mol. The van der Waals surface area contributed by atoms with Crippen molar-refractivity contribution >= 4 is 0 Å². The Kier molecular flexibility index (Phi) is 26.5. The lowest BCUT2D eigenvalue weighted by atomic mass is 10.0. The Bertz CT molecular complexity index is 1690. The minimum atomic E-state index is -7.15. The molecule has 0 aliphatic rings. The van der Waals surface area contributed by atoms with Crippen LogP contribution in [0.4, 0.5) is 167 Å². The summed E-state index contributed by atoms with van der Waals surface area (Å²) < 4.78 is 477. The molecule has 2 atom stereocenters. The van der Waals surface area contributed by atoms with Gasteiger partial charge in [-0.05, 0) is 0 Å². The lowest BCUT2D eigenvalue weighted by molar-refractivity contribution is -0.539. The number of methoxy groups -OCH3 is 1. The van der Waals surface area contributed by atoms with Crippen molar-refractivity contribution in [2.45, 2.75) is 103 Å². The number of hydrogen-bond donors (Lipinski definition) is 0. The summed E-state index contributed by atoms with van der Waals surface area (Å²) in [4.78, 5) is 0. The number of ether oxygens (including phenoxy) is 7. The zero-order valence-electron chi connectivity index (χ0n) is 33.8. The standard InChI is InChI=1S/C9H6F12O3.C7H3F11O.C5H3F7O.C4H3F5O.C4H5F3O/c1-3-23-8(18,19)5(11,7(15,16)17)24-9(20,21)4(10,22-2)6(12,13)14;1-2-19-5(12,3(8,9)6(13,14)15)4(10,11)7(16,17)18;1-2-13-3(6,4(7,8)9)5(10,11)12;1-2-10-4(8,9)3(5,6)7;1-2-8-3-4(5,6)7/h3H,1H2,2H3;2H,1H2;2H,1H2;2H,1H2;2H,1,3H2. The average Bonchev–Trinajstić information content (AvgIpc) is 3.14. The second-order valence-corrected chi connectivity index (χ2v) is 11.1. The van der Waals surface area contributed by atoms with Crippen LogP contribution in [-0.4, -0.2) is 117 Å². The minimum Gasteiger partial charge on any atom is -0.492 e. The Labute approximate surface area is 382 Å². The van der Waals surface area contributed by atoms with Crippen molar-refractivity contribution in [2.75, 3.05) is 13.7 Å². The molecule has 0 amide bonds. The smallest absolute Gasteiger partial charge is 0.492 e. The molecule has 0 radical (unpaired) electrons. The van der Waals surface area contributed by atoms with Gasteiger partial charge in [0.25, 0.3) is 0 Å². The van der Waals surface area contributed by atoms with Crippen LogP contribution < -0.4 is 0 Å². The maximum absolute atomic E-state index is 13.5. The van der Waals surface area contributed by atoms with Crippen molar-refractivity contribution in [2.24, 2.45) is 0 Å². The molecule has 0 heterocycles. The molecule has 0 fully saturated rings. The van der Waals surface area contributed by atoms with E-state index in [0.717, 1.165) is 6.26 Å². The number of hydrogen-bond acceptors (Lipinski definition) is 7. The van der Waals surface area contributed by atoms with E-state index in [2.05, 4.69) is 61.3 Å². The molecule has 0 aromatic rings. The van der Waals surface area contributed by atoms with Crippen LogP contribution in [0.1, 0.15) is 0 Å². The molecule has 7 nitrogen and oxygen atoms in total. The summed E-state index contributed by atoms with van der Waals surface area (Å²) in [5, 5.41) is 0. The van der Waals surface area contributed by atoms with Crippen molar-refractivity contribution in [3.05, 3.63) is 64.2 Å². The zero-order chi connectivity index (χ0) is 61.7. The third-order valence-electron chi connectivity index (χ3n) is 5.93. The predicted molar refractivity (Wildman–Crippen MR) is 158 cm³/mol. The van der Waals surface area contributed by atoms with Gasteiger partial charge in [0.05, 0.1) is 31.3 Å². The van der Waals surface area contributed by atoms with Crippen LogP contribution in [0.25, 0.3) is 0 Å².